The number of benzene rings is 1. The number of anilines is 2. The summed E-state index contributed by atoms with van der Waals surface area (Å²) in [6.45, 7) is 0.894. The molecule has 0 bridgehead atoms. The van der Waals surface area contributed by atoms with E-state index >= 15 is 0 Å². The van der Waals surface area contributed by atoms with Gasteiger partial charge in [0.05, 0.1) is 24.6 Å². The van der Waals surface area contributed by atoms with Gasteiger partial charge in [-0.15, -0.1) is 0 Å². The van der Waals surface area contributed by atoms with Crippen molar-refractivity contribution >= 4 is 21.6 Å². The van der Waals surface area contributed by atoms with Gasteiger partial charge in [-0.2, -0.15) is 12.7 Å². The Kier molecular flexibility index (Phi) is 3.88. The molecular weight excluding hydrogens is 280 g/mol. The van der Waals surface area contributed by atoms with Crippen LogP contribution in [0.4, 0.5) is 20.2 Å². The first-order valence-corrected chi connectivity index (χ1v) is 6.94. The number of nitrogens with two attached hydrogens (primary N) is 1. The topological polar surface area (TPSA) is 84.7 Å². The van der Waals surface area contributed by atoms with Crippen LogP contribution in [0.25, 0.3) is 0 Å². The van der Waals surface area contributed by atoms with Gasteiger partial charge in [-0.25, -0.2) is 8.78 Å². The van der Waals surface area contributed by atoms with Gasteiger partial charge in [0.1, 0.15) is 11.6 Å². The largest absolute Gasteiger partial charge is 0.396 e. The molecule has 0 spiro atoms. The predicted molar refractivity (Wildman–Crippen MR) is 65.7 cm³/mol. The van der Waals surface area contributed by atoms with Gasteiger partial charge in [-0.05, 0) is 6.07 Å². The molecule has 106 valence electrons. The van der Waals surface area contributed by atoms with Gasteiger partial charge in [0.2, 0.25) is 0 Å². The lowest BCUT2D eigenvalue weighted by Crippen LogP contribution is -2.43. The van der Waals surface area contributed by atoms with Gasteiger partial charge in [0, 0.05) is 19.2 Å². The van der Waals surface area contributed by atoms with E-state index in [2.05, 4.69) is 0 Å². The number of nitrogen functional groups attached to an aromatic ring is 1. The lowest BCUT2D eigenvalue weighted by atomic mass is 10.2. The highest BCUT2D eigenvalue weighted by Crippen LogP contribution is 2.22. The molecule has 0 aliphatic carbocycles. The Hall–Kier alpha value is -1.45. The first-order valence-electron chi connectivity index (χ1n) is 5.50. The van der Waals surface area contributed by atoms with Gasteiger partial charge in [0.25, 0.3) is 0 Å². The van der Waals surface area contributed by atoms with E-state index in [0.29, 0.717) is 6.07 Å². The Morgan fingerprint density at radius 3 is 2.47 bits per heavy atom. The van der Waals surface area contributed by atoms with Crippen molar-refractivity contribution in [3.05, 3.63) is 23.8 Å². The van der Waals surface area contributed by atoms with Crippen LogP contribution in [0, 0.1) is 11.6 Å². The molecule has 9 heteroatoms. The van der Waals surface area contributed by atoms with E-state index in [1.807, 2.05) is 4.72 Å². The Bertz CT molecular complexity index is 574. The number of hydrogen-bond acceptors (Lipinski definition) is 4. The Morgan fingerprint density at radius 1 is 1.21 bits per heavy atom. The van der Waals surface area contributed by atoms with Gasteiger partial charge in [0.15, 0.2) is 0 Å². The molecule has 2 rings (SSSR count). The highest BCUT2D eigenvalue weighted by Gasteiger charge is 2.25. The minimum atomic E-state index is -3.90. The summed E-state index contributed by atoms with van der Waals surface area (Å²) >= 11 is 0. The van der Waals surface area contributed by atoms with Crippen molar-refractivity contribution in [1.82, 2.24) is 4.31 Å². The van der Waals surface area contributed by atoms with Crippen LogP contribution in [0.1, 0.15) is 0 Å². The molecule has 6 nitrogen and oxygen atoms in total. The van der Waals surface area contributed by atoms with Crippen LogP contribution in [0.15, 0.2) is 12.1 Å². The van der Waals surface area contributed by atoms with Gasteiger partial charge in [-0.3, -0.25) is 4.72 Å². The highest BCUT2D eigenvalue weighted by molar-refractivity contribution is 7.90. The quantitative estimate of drug-likeness (QED) is 0.796. The van der Waals surface area contributed by atoms with Crippen LogP contribution in [-0.2, 0) is 14.9 Å². The van der Waals surface area contributed by atoms with Crippen molar-refractivity contribution in [1.29, 1.82) is 0 Å². The Balaban J connectivity index is 2.22. The second-order valence-corrected chi connectivity index (χ2v) is 5.64. The van der Waals surface area contributed by atoms with E-state index in [9.17, 15) is 17.2 Å². The Labute approximate surface area is 109 Å². The minimum absolute atomic E-state index is 0.174. The molecule has 0 aromatic heterocycles. The minimum Gasteiger partial charge on any atom is -0.396 e. The highest BCUT2D eigenvalue weighted by atomic mass is 32.2. The molecule has 0 amide bonds. The third-order valence-corrected chi connectivity index (χ3v) is 4.16. The van der Waals surface area contributed by atoms with Crippen LogP contribution in [0.2, 0.25) is 0 Å². The van der Waals surface area contributed by atoms with Crippen LogP contribution in [0.5, 0.6) is 0 Å². The summed E-state index contributed by atoms with van der Waals surface area (Å²) in [7, 11) is -3.90. The van der Waals surface area contributed by atoms with Crippen molar-refractivity contribution in [2.24, 2.45) is 0 Å². The molecule has 3 N–H and O–H groups in total. The number of halogens is 2. The number of hydrogen-bond donors (Lipinski definition) is 2. The molecule has 19 heavy (non-hydrogen) atoms. The molecule has 0 unspecified atom stereocenters. The molecule has 1 fully saturated rings. The number of nitrogens with zero attached hydrogens (tertiary/aromatic N) is 1. The molecule has 1 aromatic rings. The smallest absolute Gasteiger partial charge is 0.301 e. The van der Waals surface area contributed by atoms with Crippen molar-refractivity contribution in [3.8, 4) is 0 Å². The summed E-state index contributed by atoms with van der Waals surface area (Å²) in [5, 5.41) is 0. The van der Waals surface area contributed by atoms with Gasteiger partial charge >= 0.3 is 10.2 Å². The number of rotatable bonds is 3. The SMILES string of the molecule is Nc1cc(NS(=O)(=O)N2CCOCC2)c(F)cc1F. The maximum Gasteiger partial charge on any atom is 0.301 e. The molecule has 1 heterocycles. The second-order valence-electron chi connectivity index (χ2n) is 3.97. The summed E-state index contributed by atoms with van der Waals surface area (Å²) in [6.07, 6.45) is 0. The average Bonchev–Trinajstić information content (AvgIpc) is 2.37. The van der Waals surface area contributed by atoms with Crippen LogP contribution >= 0.6 is 0 Å². The standard InChI is InChI=1S/C10H13F2N3O3S/c11-7-5-8(12)10(6-9(7)13)14-19(16,17)15-1-3-18-4-2-15/h5-6,14H,1-4,13H2. The molecule has 1 aromatic carbocycles. The lowest BCUT2D eigenvalue weighted by Gasteiger charge is -2.26. The fourth-order valence-electron chi connectivity index (χ4n) is 1.63. The van der Waals surface area contributed by atoms with E-state index in [0.717, 1.165) is 10.4 Å². The number of ether oxygens (including phenoxy) is 1. The first kappa shape index (κ1) is 14.0. The van der Waals surface area contributed by atoms with Crippen LogP contribution < -0.4 is 10.5 Å². The molecule has 1 aliphatic heterocycles. The van der Waals surface area contributed by atoms with Crippen molar-refractivity contribution in [2.45, 2.75) is 0 Å². The number of nitrogens with one attached hydrogen (secondary N) is 1. The number of morpholine rings is 1. The fourth-order valence-corrected chi connectivity index (χ4v) is 2.83. The van der Waals surface area contributed by atoms with Crippen molar-refractivity contribution in [3.63, 3.8) is 0 Å². The fraction of sp³-hybridized carbons (Fsp3) is 0.400. The van der Waals surface area contributed by atoms with Crippen molar-refractivity contribution < 1.29 is 21.9 Å². The Morgan fingerprint density at radius 2 is 1.84 bits per heavy atom. The van der Waals surface area contributed by atoms with E-state index < -0.39 is 21.8 Å². The van der Waals surface area contributed by atoms with E-state index in [4.69, 9.17) is 10.5 Å². The predicted octanol–water partition coefficient (Wildman–Crippen LogP) is 0.536. The maximum absolute atomic E-state index is 13.5. The zero-order valence-electron chi connectivity index (χ0n) is 9.90. The zero-order valence-corrected chi connectivity index (χ0v) is 10.7. The third kappa shape index (κ3) is 3.11. The third-order valence-electron chi connectivity index (χ3n) is 2.64. The lowest BCUT2D eigenvalue weighted by molar-refractivity contribution is 0.0733. The summed E-state index contributed by atoms with van der Waals surface area (Å²) in [4.78, 5) is 0. The van der Waals surface area contributed by atoms with Crippen LogP contribution in [-0.4, -0.2) is 39.0 Å². The van der Waals surface area contributed by atoms with Crippen molar-refractivity contribution in [2.75, 3.05) is 36.8 Å². The average molecular weight is 293 g/mol. The summed E-state index contributed by atoms with van der Waals surface area (Å²) < 4.78 is 58.6. The van der Waals surface area contributed by atoms with E-state index in [1.54, 1.807) is 0 Å². The van der Waals surface area contributed by atoms with E-state index in [-0.39, 0.29) is 37.7 Å². The summed E-state index contributed by atoms with van der Waals surface area (Å²) in [6, 6.07) is 1.44. The summed E-state index contributed by atoms with van der Waals surface area (Å²) in [5.41, 5.74) is 4.56. The first-order chi connectivity index (χ1) is 8.90. The zero-order chi connectivity index (χ0) is 14.0. The maximum atomic E-state index is 13.5. The van der Waals surface area contributed by atoms with Gasteiger partial charge in [-0.1, -0.05) is 0 Å². The second kappa shape index (κ2) is 5.27. The molecule has 0 saturated carbocycles. The molecule has 0 atom stereocenters. The summed E-state index contributed by atoms with van der Waals surface area (Å²) in [5.74, 6) is -1.96. The molecule has 0 radical (unpaired) electrons. The van der Waals surface area contributed by atoms with Gasteiger partial charge < -0.3 is 10.5 Å². The molecule has 1 aliphatic rings. The molecule has 1 saturated heterocycles. The monoisotopic (exact) mass is 293 g/mol. The normalized spacial score (nSPS) is 17.4. The van der Waals surface area contributed by atoms with Crippen LogP contribution in [0.3, 0.4) is 0 Å². The van der Waals surface area contributed by atoms with E-state index in [1.165, 1.54) is 0 Å². The molecular formula is C10H13F2N3O3S.